The Labute approximate surface area is 212 Å². The summed E-state index contributed by atoms with van der Waals surface area (Å²) in [6, 6.07) is 11.3. The van der Waals surface area contributed by atoms with E-state index in [0.717, 1.165) is 66.5 Å². The number of alkyl halides is 3. The highest BCUT2D eigenvalue weighted by Crippen LogP contribution is 2.44. The first kappa shape index (κ1) is 24.7. The fraction of sp³-hybridized carbons (Fsp3) is 0.407. The Morgan fingerprint density at radius 2 is 1.75 bits per heavy atom. The van der Waals surface area contributed by atoms with Crippen LogP contribution in [0.25, 0.3) is 10.9 Å². The van der Waals surface area contributed by atoms with E-state index < -0.39 is 23.7 Å². The molecule has 0 bridgehead atoms. The first-order valence-electron chi connectivity index (χ1n) is 12.3. The molecule has 3 aromatic rings. The number of amides is 2. The second kappa shape index (κ2) is 9.84. The topological polar surface area (TPSA) is 54.3 Å². The number of anilines is 1. The summed E-state index contributed by atoms with van der Waals surface area (Å²) in [5, 5.41) is 4.08. The Morgan fingerprint density at radius 1 is 1.03 bits per heavy atom. The van der Waals surface area contributed by atoms with E-state index in [1.807, 2.05) is 35.9 Å². The van der Waals surface area contributed by atoms with Crippen molar-refractivity contribution in [1.29, 1.82) is 0 Å². The van der Waals surface area contributed by atoms with Gasteiger partial charge in [-0.3, -0.25) is 14.5 Å². The largest absolute Gasteiger partial charge is 0.416 e. The molecule has 36 heavy (non-hydrogen) atoms. The molecule has 0 spiro atoms. The fourth-order valence-corrected chi connectivity index (χ4v) is 6.51. The predicted octanol–water partition coefficient (Wildman–Crippen LogP) is 6.22. The molecule has 5 nitrogen and oxygen atoms in total. The first-order chi connectivity index (χ1) is 17.3. The second-order valence-electron chi connectivity index (χ2n) is 9.49. The number of aromatic nitrogens is 1. The Bertz CT molecular complexity index is 1300. The zero-order chi connectivity index (χ0) is 25.4. The minimum Gasteiger partial charge on any atom is -0.351 e. The maximum atomic E-state index is 14.0. The lowest BCUT2D eigenvalue weighted by molar-refractivity contribution is -0.137. The molecule has 2 aromatic carbocycles. The van der Waals surface area contributed by atoms with Gasteiger partial charge in [-0.2, -0.15) is 13.2 Å². The Hall–Kier alpha value is -2.94. The summed E-state index contributed by atoms with van der Waals surface area (Å²) in [4.78, 5) is 29.6. The molecule has 1 aromatic heterocycles. The van der Waals surface area contributed by atoms with Crippen molar-refractivity contribution < 1.29 is 22.8 Å². The third-order valence-corrected chi connectivity index (χ3v) is 8.24. The molecule has 2 heterocycles. The summed E-state index contributed by atoms with van der Waals surface area (Å²) in [6.07, 6.45) is 1.41. The van der Waals surface area contributed by atoms with Gasteiger partial charge in [0, 0.05) is 34.6 Å². The summed E-state index contributed by atoms with van der Waals surface area (Å²) < 4.78 is 42.6. The highest BCUT2D eigenvalue weighted by molar-refractivity contribution is 8.00. The summed E-state index contributed by atoms with van der Waals surface area (Å²) in [5.41, 5.74) is 0.732. The highest BCUT2D eigenvalue weighted by Gasteiger charge is 2.41. The number of thioether (sulfide) groups is 1. The van der Waals surface area contributed by atoms with Crippen molar-refractivity contribution in [2.24, 2.45) is 7.05 Å². The Balaban J connectivity index is 1.66. The first-order valence-corrected chi connectivity index (χ1v) is 13.2. The summed E-state index contributed by atoms with van der Waals surface area (Å²) in [5.74, 6) is -0.743. The molecule has 0 unspecified atom stereocenters. The molecule has 190 valence electrons. The van der Waals surface area contributed by atoms with Crippen molar-refractivity contribution in [2.45, 2.75) is 61.7 Å². The van der Waals surface area contributed by atoms with Gasteiger partial charge >= 0.3 is 6.18 Å². The lowest BCUT2D eigenvalue weighted by atomic mass is 10.0. The van der Waals surface area contributed by atoms with E-state index >= 15 is 0 Å². The summed E-state index contributed by atoms with van der Waals surface area (Å²) in [7, 11) is 1.84. The van der Waals surface area contributed by atoms with E-state index in [1.54, 1.807) is 0 Å². The zero-order valence-electron chi connectivity index (χ0n) is 20.0. The Kier molecular flexibility index (Phi) is 6.76. The van der Waals surface area contributed by atoms with Crippen LogP contribution in [0.1, 0.15) is 55.8 Å². The second-order valence-corrected chi connectivity index (χ2v) is 10.5. The van der Waals surface area contributed by atoms with Crippen molar-refractivity contribution in [2.75, 3.05) is 10.7 Å². The third kappa shape index (κ3) is 4.61. The van der Waals surface area contributed by atoms with Crippen LogP contribution in [0.5, 0.6) is 0 Å². The van der Waals surface area contributed by atoms with Crippen molar-refractivity contribution in [1.82, 2.24) is 9.88 Å². The number of nitrogens with one attached hydrogen (secondary N) is 1. The number of hydrogen-bond acceptors (Lipinski definition) is 3. The SMILES string of the molecule is Cn1c2c(c3ccccc31)SCC(=O)N(c1cccc(C(F)(F)F)c1)[C@H]2C(=O)NC1CCCCCC1. The van der Waals surface area contributed by atoms with Crippen LogP contribution in [0.3, 0.4) is 0 Å². The number of fused-ring (bicyclic) bond motifs is 3. The number of aryl methyl sites for hydroxylation is 1. The Morgan fingerprint density at radius 3 is 2.47 bits per heavy atom. The molecule has 1 N–H and O–H groups in total. The minimum atomic E-state index is -4.57. The smallest absolute Gasteiger partial charge is 0.351 e. The van der Waals surface area contributed by atoms with Crippen LogP contribution >= 0.6 is 11.8 Å². The highest BCUT2D eigenvalue weighted by atomic mass is 32.2. The third-order valence-electron chi connectivity index (χ3n) is 7.13. The number of carbonyl (C=O) groups excluding carboxylic acids is 2. The lowest BCUT2D eigenvalue weighted by Gasteiger charge is -2.32. The van der Waals surface area contributed by atoms with Gasteiger partial charge in [-0.15, -0.1) is 11.8 Å². The monoisotopic (exact) mass is 515 g/mol. The van der Waals surface area contributed by atoms with Crippen LogP contribution in [-0.4, -0.2) is 28.2 Å². The maximum absolute atomic E-state index is 14.0. The van der Waals surface area contributed by atoms with Crippen LogP contribution < -0.4 is 10.2 Å². The number of rotatable bonds is 3. The van der Waals surface area contributed by atoms with E-state index in [-0.39, 0.29) is 23.4 Å². The minimum absolute atomic E-state index is 0.0183. The quantitative estimate of drug-likeness (QED) is 0.422. The van der Waals surface area contributed by atoms with E-state index in [2.05, 4.69) is 5.32 Å². The van der Waals surface area contributed by atoms with Gasteiger partial charge in [0.1, 0.15) is 0 Å². The standard InChI is InChI=1S/C27H28F3N3O2S/c1-32-21-14-7-6-13-20(21)25-23(32)24(26(35)31-18-10-4-2-3-5-11-18)33(22(34)16-36-25)19-12-8-9-17(15-19)27(28,29)30/h6-9,12-15,18,24H,2-5,10-11,16H2,1H3,(H,31,35)/t24-/m1/s1. The molecule has 1 aliphatic heterocycles. The van der Waals surface area contributed by atoms with Crippen LogP contribution in [0.15, 0.2) is 53.4 Å². The fourth-order valence-electron chi connectivity index (χ4n) is 5.38. The van der Waals surface area contributed by atoms with Gasteiger partial charge < -0.3 is 9.88 Å². The van der Waals surface area contributed by atoms with Crippen molar-refractivity contribution in [3.63, 3.8) is 0 Å². The average Bonchev–Trinajstić information content (AvgIpc) is 3.03. The van der Waals surface area contributed by atoms with Crippen molar-refractivity contribution in [3.05, 3.63) is 59.8 Å². The predicted molar refractivity (Wildman–Crippen MR) is 135 cm³/mol. The van der Waals surface area contributed by atoms with E-state index in [0.29, 0.717) is 5.69 Å². The van der Waals surface area contributed by atoms with Gasteiger partial charge in [0.25, 0.3) is 0 Å². The molecule has 1 saturated carbocycles. The maximum Gasteiger partial charge on any atom is 0.416 e. The van der Waals surface area contributed by atoms with Gasteiger partial charge in [-0.05, 0) is 37.1 Å². The number of hydrogen-bond donors (Lipinski definition) is 1. The zero-order valence-corrected chi connectivity index (χ0v) is 20.8. The number of carbonyl (C=O) groups is 2. The molecule has 0 saturated heterocycles. The van der Waals surface area contributed by atoms with E-state index in [4.69, 9.17) is 0 Å². The molecular weight excluding hydrogens is 487 g/mol. The van der Waals surface area contributed by atoms with Crippen molar-refractivity contribution >= 4 is 40.2 Å². The van der Waals surface area contributed by atoms with Crippen LogP contribution in [0.2, 0.25) is 0 Å². The van der Waals surface area contributed by atoms with Gasteiger partial charge in [0.15, 0.2) is 6.04 Å². The molecule has 1 atom stereocenters. The van der Waals surface area contributed by atoms with Gasteiger partial charge in [0.2, 0.25) is 11.8 Å². The van der Waals surface area contributed by atoms with Crippen LogP contribution in [0, 0.1) is 0 Å². The number of nitrogens with zero attached hydrogens (tertiary/aromatic N) is 2. The molecule has 1 fully saturated rings. The van der Waals surface area contributed by atoms with E-state index in [9.17, 15) is 22.8 Å². The normalized spacial score (nSPS) is 19.6. The molecule has 2 aliphatic rings. The molecule has 1 aliphatic carbocycles. The number of benzene rings is 2. The summed E-state index contributed by atoms with van der Waals surface area (Å²) in [6.45, 7) is 0. The van der Waals surface area contributed by atoms with Crippen molar-refractivity contribution in [3.8, 4) is 0 Å². The lowest BCUT2D eigenvalue weighted by Crippen LogP contribution is -2.47. The van der Waals surface area contributed by atoms with Gasteiger partial charge in [0.05, 0.1) is 17.0 Å². The van der Waals surface area contributed by atoms with Crippen LogP contribution in [-0.2, 0) is 22.8 Å². The number of halogens is 3. The molecule has 0 radical (unpaired) electrons. The molecule has 9 heteroatoms. The van der Waals surface area contributed by atoms with E-state index in [1.165, 1.54) is 28.8 Å². The molecule has 5 rings (SSSR count). The average molecular weight is 516 g/mol. The van der Waals surface area contributed by atoms with Gasteiger partial charge in [-0.25, -0.2) is 0 Å². The number of para-hydroxylation sites is 1. The van der Waals surface area contributed by atoms with Gasteiger partial charge in [-0.1, -0.05) is 49.9 Å². The van der Waals surface area contributed by atoms with Crippen LogP contribution in [0.4, 0.5) is 18.9 Å². The molecular formula is C27H28F3N3O2S. The summed E-state index contributed by atoms with van der Waals surface area (Å²) >= 11 is 1.33. The molecule has 2 amide bonds.